The van der Waals surface area contributed by atoms with Gasteiger partial charge < -0.3 is 9.67 Å². The van der Waals surface area contributed by atoms with E-state index in [0.29, 0.717) is 6.42 Å². The maximum Gasteiger partial charge on any atom is 0.316 e. The summed E-state index contributed by atoms with van der Waals surface area (Å²) in [6.45, 7) is 1.90. The fourth-order valence-electron chi connectivity index (χ4n) is 1.74. The molecule has 100 valence electrons. The Morgan fingerprint density at radius 3 is 2.68 bits per heavy atom. The first kappa shape index (κ1) is 13.7. The molecule has 0 radical (unpaired) electrons. The lowest BCUT2D eigenvalue weighted by atomic mass is 10.2. The molecule has 0 saturated carbocycles. The predicted molar refractivity (Wildman–Crippen MR) is 76.6 cm³/mol. The number of aliphatic carboxylic acids is 1. The Kier molecular flexibility index (Phi) is 4.63. The van der Waals surface area contributed by atoms with E-state index in [-0.39, 0.29) is 5.25 Å². The van der Waals surface area contributed by atoms with Crippen molar-refractivity contribution in [3.8, 4) is 5.69 Å². The third kappa shape index (κ3) is 3.61. The molecule has 1 heterocycles. The molecule has 0 spiro atoms. The topological polar surface area (TPSA) is 55.1 Å². The van der Waals surface area contributed by atoms with Crippen LogP contribution in [0.2, 0.25) is 0 Å². The van der Waals surface area contributed by atoms with Crippen LogP contribution in [0.1, 0.15) is 18.9 Å². The molecule has 0 bridgehead atoms. The van der Waals surface area contributed by atoms with E-state index in [1.165, 1.54) is 11.8 Å². The van der Waals surface area contributed by atoms with Crippen molar-refractivity contribution in [2.24, 2.45) is 0 Å². The number of carboxylic acids is 1. The number of carbonyl (C=O) groups is 1. The Morgan fingerprint density at radius 1 is 1.42 bits per heavy atom. The zero-order chi connectivity index (χ0) is 13.7. The number of carboxylic acid groups (broad SMARTS) is 1. The van der Waals surface area contributed by atoms with E-state index >= 15 is 0 Å². The van der Waals surface area contributed by atoms with E-state index in [4.69, 9.17) is 5.11 Å². The molecule has 0 saturated heterocycles. The SMILES string of the molecule is CCC(SCc1ccc(-n2ccnc2)cc1)C(=O)O. The van der Waals surface area contributed by atoms with Gasteiger partial charge >= 0.3 is 5.97 Å². The third-order valence-electron chi connectivity index (χ3n) is 2.84. The summed E-state index contributed by atoms with van der Waals surface area (Å²) in [7, 11) is 0. The van der Waals surface area contributed by atoms with Crippen molar-refractivity contribution in [2.75, 3.05) is 0 Å². The predicted octanol–water partition coefficient (Wildman–Crippen LogP) is 2.97. The maximum atomic E-state index is 10.9. The lowest BCUT2D eigenvalue weighted by Gasteiger charge is -2.09. The average molecular weight is 276 g/mol. The van der Waals surface area contributed by atoms with Crippen LogP contribution in [-0.4, -0.2) is 25.9 Å². The van der Waals surface area contributed by atoms with Gasteiger partial charge in [0.1, 0.15) is 5.25 Å². The largest absolute Gasteiger partial charge is 0.480 e. The third-order valence-corrected chi connectivity index (χ3v) is 4.27. The molecular weight excluding hydrogens is 260 g/mol. The van der Waals surface area contributed by atoms with Crippen molar-refractivity contribution in [3.05, 3.63) is 48.5 Å². The fourth-order valence-corrected chi connectivity index (χ4v) is 2.70. The number of benzene rings is 1. The lowest BCUT2D eigenvalue weighted by Crippen LogP contribution is -2.15. The number of rotatable bonds is 6. The van der Waals surface area contributed by atoms with Gasteiger partial charge in [-0.1, -0.05) is 19.1 Å². The molecular formula is C14H16N2O2S. The Morgan fingerprint density at radius 2 is 2.16 bits per heavy atom. The Hall–Kier alpha value is -1.75. The van der Waals surface area contributed by atoms with Crippen LogP contribution in [0.15, 0.2) is 43.0 Å². The quantitative estimate of drug-likeness (QED) is 0.881. The summed E-state index contributed by atoms with van der Waals surface area (Å²) in [6.07, 6.45) is 6.03. The van der Waals surface area contributed by atoms with Crippen LogP contribution in [-0.2, 0) is 10.5 Å². The number of nitrogens with zero attached hydrogens (tertiary/aromatic N) is 2. The van der Waals surface area contributed by atoms with E-state index in [0.717, 1.165) is 17.0 Å². The molecule has 1 N–H and O–H groups in total. The van der Waals surface area contributed by atoms with Crippen LogP contribution in [0.25, 0.3) is 5.69 Å². The minimum Gasteiger partial charge on any atom is -0.480 e. The van der Waals surface area contributed by atoms with Crippen molar-refractivity contribution < 1.29 is 9.90 Å². The molecule has 1 aromatic carbocycles. The van der Waals surface area contributed by atoms with Crippen molar-refractivity contribution in [3.63, 3.8) is 0 Å². The van der Waals surface area contributed by atoms with Crippen LogP contribution in [0.3, 0.4) is 0 Å². The number of hydrogen-bond acceptors (Lipinski definition) is 3. The number of thioether (sulfide) groups is 1. The highest BCUT2D eigenvalue weighted by atomic mass is 32.2. The van der Waals surface area contributed by atoms with Gasteiger partial charge in [-0.05, 0) is 24.1 Å². The summed E-state index contributed by atoms with van der Waals surface area (Å²) in [5, 5.41) is 8.66. The van der Waals surface area contributed by atoms with Gasteiger partial charge in [0.15, 0.2) is 0 Å². The van der Waals surface area contributed by atoms with Crippen molar-refractivity contribution >= 4 is 17.7 Å². The van der Waals surface area contributed by atoms with E-state index in [2.05, 4.69) is 4.98 Å². The number of aromatic nitrogens is 2. The molecule has 2 aromatic rings. The van der Waals surface area contributed by atoms with E-state index in [9.17, 15) is 4.79 Å². The molecule has 0 amide bonds. The van der Waals surface area contributed by atoms with E-state index < -0.39 is 5.97 Å². The second-order valence-electron chi connectivity index (χ2n) is 4.18. The van der Waals surface area contributed by atoms with Gasteiger partial charge in [0.2, 0.25) is 0 Å². The van der Waals surface area contributed by atoms with Gasteiger partial charge in [0.05, 0.1) is 6.33 Å². The minimum absolute atomic E-state index is 0.326. The van der Waals surface area contributed by atoms with E-state index in [1.807, 2.05) is 42.0 Å². The second kappa shape index (κ2) is 6.43. The molecule has 5 heteroatoms. The summed E-state index contributed by atoms with van der Waals surface area (Å²) in [6, 6.07) is 8.08. The number of hydrogen-bond donors (Lipinski definition) is 1. The van der Waals surface area contributed by atoms with Crippen LogP contribution in [0.4, 0.5) is 0 Å². The van der Waals surface area contributed by atoms with E-state index in [1.54, 1.807) is 12.5 Å². The van der Waals surface area contributed by atoms with Gasteiger partial charge in [-0.3, -0.25) is 4.79 Å². The first-order valence-electron chi connectivity index (χ1n) is 6.12. The molecule has 1 unspecified atom stereocenters. The smallest absolute Gasteiger partial charge is 0.316 e. The molecule has 0 aliphatic carbocycles. The van der Waals surface area contributed by atoms with Crippen LogP contribution in [0, 0.1) is 0 Å². The highest BCUT2D eigenvalue weighted by Crippen LogP contribution is 2.21. The molecule has 0 fully saturated rings. The highest BCUT2D eigenvalue weighted by molar-refractivity contribution is 7.99. The average Bonchev–Trinajstić information content (AvgIpc) is 2.94. The Bertz CT molecular complexity index is 523. The van der Waals surface area contributed by atoms with Crippen molar-refractivity contribution in [1.29, 1.82) is 0 Å². The first-order chi connectivity index (χ1) is 9.20. The normalized spacial score (nSPS) is 12.3. The second-order valence-corrected chi connectivity index (χ2v) is 5.37. The monoisotopic (exact) mass is 276 g/mol. The molecule has 19 heavy (non-hydrogen) atoms. The molecule has 0 aliphatic rings. The molecule has 1 atom stereocenters. The summed E-state index contributed by atoms with van der Waals surface area (Å²) in [5.74, 6) is -0.0165. The van der Waals surface area contributed by atoms with Crippen molar-refractivity contribution in [2.45, 2.75) is 24.3 Å². The summed E-state index contributed by atoms with van der Waals surface area (Å²) < 4.78 is 1.93. The Labute approximate surface area is 116 Å². The van der Waals surface area contributed by atoms with Crippen LogP contribution in [0.5, 0.6) is 0 Å². The summed E-state index contributed by atoms with van der Waals surface area (Å²) >= 11 is 1.47. The molecule has 1 aromatic heterocycles. The molecule has 2 rings (SSSR count). The van der Waals surface area contributed by atoms with Crippen molar-refractivity contribution in [1.82, 2.24) is 9.55 Å². The van der Waals surface area contributed by atoms with Gasteiger partial charge in [0.25, 0.3) is 0 Å². The lowest BCUT2D eigenvalue weighted by molar-refractivity contribution is -0.136. The molecule has 4 nitrogen and oxygen atoms in total. The highest BCUT2D eigenvalue weighted by Gasteiger charge is 2.14. The van der Waals surface area contributed by atoms with Gasteiger partial charge in [-0.15, -0.1) is 11.8 Å². The minimum atomic E-state index is -0.734. The zero-order valence-electron chi connectivity index (χ0n) is 10.7. The van der Waals surface area contributed by atoms with Gasteiger partial charge in [-0.25, -0.2) is 4.98 Å². The van der Waals surface area contributed by atoms with Crippen LogP contribution < -0.4 is 0 Å². The van der Waals surface area contributed by atoms with Gasteiger partial charge in [-0.2, -0.15) is 0 Å². The molecule has 0 aliphatic heterocycles. The first-order valence-corrected chi connectivity index (χ1v) is 7.17. The summed E-state index contributed by atoms with van der Waals surface area (Å²) in [5.41, 5.74) is 2.19. The maximum absolute atomic E-state index is 10.9. The summed E-state index contributed by atoms with van der Waals surface area (Å²) in [4.78, 5) is 14.9. The standard InChI is InChI=1S/C14H16N2O2S/c1-2-13(14(17)18)19-9-11-3-5-12(6-4-11)16-8-7-15-10-16/h3-8,10,13H,2,9H2,1H3,(H,17,18). The number of imidazole rings is 1. The van der Waals surface area contributed by atoms with Crippen LogP contribution >= 0.6 is 11.8 Å². The zero-order valence-corrected chi connectivity index (χ0v) is 11.5. The van der Waals surface area contributed by atoms with Gasteiger partial charge in [0, 0.05) is 23.8 Å². The Balaban J connectivity index is 1.97. The fraction of sp³-hybridized carbons (Fsp3) is 0.286.